The summed E-state index contributed by atoms with van der Waals surface area (Å²) in [4.78, 5) is 16.1. The topological polar surface area (TPSA) is 92.9 Å². The van der Waals surface area contributed by atoms with Crippen LogP contribution in [0.4, 0.5) is 4.39 Å². The van der Waals surface area contributed by atoms with E-state index < -0.39 is 11.4 Å². The first-order chi connectivity index (χ1) is 11.8. The van der Waals surface area contributed by atoms with Gasteiger partial charge in [-0.05, 0) is 32.8 Å². The van der Waals surface area contributed by atoms with Gasteiger partial charge < -0.3 is 10.4 Å². The van der Waals surface area contributed by atoms with Crippen molar-refractivity contribution in [1.29, 1.82) is 0 Å². The first kappa shape index (κ1) is 17.5. The van der Waals surface area contributed by atoms with Gasteiger partial charge in [-0.15, -0.1) is 5.10 Å². The minimum absolute atomic E-state index is 0.0529. The van der Waals surface area contributed by atoms with Gasteiger partial charge in [0, 0.05) is 6.20 Å². The maximum absolute atomic E-state index is 13.3. The van der Waals surface area contributed by atoms with E-state index in [1.807, 2.05) is 0 Å². The van der Waals surface area contributed by atoms with Crippen molar-refractivity contribution in [3.8, 4) is 0 Å². The first-order valence-electron chi connectivity index (χ1n) is 8.40. The number of carbonyl (C=O) groups is 1. The smallest absolute Gasteiger partial charge is 0.253 e. The lowest BCUT2D eigenvalue weighted by Crippen LogP contribution is -2.43. The van der Waals surface area contributed by atoms with Gasteiger partial charge in [0.15, 0.2) is 0 Å². The molecule has 0 spiro atoms. The molecule has 134 valence electrons. The van der Waals surface area contributed by atoms with Crippen LogP contribution >= 0.6 is 0 Å². The summed E-state index contributed by atoms with van der Waals surface area (Å²) < 4.78 is 15.0. The number of aromatic nitrogens is 4. The molecule has 2 N–H and O–H groups in total. The molecule has 2 atom stereocenters. The molecule has 1 saturated carbocycles. The van der Waals surface area contributed by atoms with Gasteiger partial charge in [0.2, 0.25) is 0 Å². The lowest BCUT2D eigenvalue weighted by Gasteiger charge is -2.32. The van der Waals surface area contributed by atoms with Crippen LogP contribution in [-0.2, 0) is 5.60 Å². The Morgan fingerprint density at radius 2 is 2.12 bits per heavy atom. The number of hydrogen-bond donors (Lipinski definition) is 2. The molecule has 1 fully saturated rings. The molecule has 2 aromatic rings. The van der Waals surface area contributed by atoms with Gasteiger partial charge in [-0.25, -0.2) is 9.07 Å². The van der Waals surface area contributed by atoms with Gasteiger partial charge in [-0.1, -0.05) is 18.1 Å². The van der Waals surface area contributed by atoms with Gasteiger partial charge in [-0.3, -0.25) is 9.78 Å². The van der Waals surface area contributed by atoms with Crippen molar-refractivity contribution in [3.05, 3.63) is 41.7 Å². The summed E-state index contributed by atoms with van der Waals surface area (Å²) in [5.41, 5.74) is -0.392. The fraction of sp³-hybridized carbons (Fsp3) is 0.529. The van der Waals surface area contributed by atoms with Crippen molar-refractivity contribution >= 4 is 5.91 Å². The van der Waals surface area contributed by atoms with Crippen LogP contribution in [0.3, 0.4) is 0 Å². The van der Waals surface area contributed by atoms with E-state index in [0.29, 0.717) is 5.69 Å². The first-order valence-corrected chi connectivity index (χ1v) is 8.40. The summed E-state index contributed by atoms with van der Waals surface area (Å²) in [6, 6.07) is 0.978. The van der Waals surface area contributed by atoms with E-state index in [-0.39, 0.29) is 23.6 Å². The maximum atomic E-state index is 13.3. The van der Waals surface area contributed by atoms with Crippen LogP contribution in [0, 0.1) is 5.82 Å². The van der Waals surface area contributed by atoms with Gasteiger partial charge in [0.05, 0.1) is 30.0 Å². The molecule has 25 heavy (non-hydrogen) atoms. The molecular weight excluding hydrogens is 325 g/mol. The third-order valence-electron chi connectivity index (χ3n) is 4.49. The molecule has 1 amide bonds. The Morgan fingerprint density at radius 1 is 1.36 bits per heavy atom. The lowest BCUT2D eigenvalue weighted by molar-refractivity contribution is 0.0736. The summed E-state index contributed by atoms with van der Waals surface area (Å²) in [7, 11) is 0. The van der Waals surface area contributed by atoms with Gasteiger partial charge in [0.1, 0.15) is 17.1 Å². The highest BCUT2D eigenvalue weighted by molar-refractivity contribution is 5.94. The predicted molar refractivity (Wildman–Crippen MR) is 88.2 cm³/mol. The van der Waals surface area contributed by atoms with Crippen molar-refractivity contribution < 1.29 is 14.3 Å². The number of amides is 1. The molecule has 2 aromatic heterocycles. The van der Waals surface area contributed by atoms with E-state index in [2.05, 4.69) is 20.6 Å². The highest BCUT2D eigenvalue weighted by atomic mass is 19.1. The Kier molecular flexibility index (Phi) is 4.80. The molecule has 2 heterocycles. The van der Waals surface area contributed by atoms with E-state index >= 15 is 0 Å². The van der Waals surface area contributed by atoms with Gasteiger partial charge >= 0.3 is 0 Å². The monoisotopic (exact) mass is 347 g/mol. The summed E-state index contributed by atoms with van der Waals surface area (Å²) in [6.45, 7) is 3.30. The average Bonchev–Trinajstić information content (AvgIpc) is 3.05. The number of nitrogens with zero attached hydrogens (tertiary/aromatic N) is 4. The maximum Gasteiger partial charge on any atom is 0.253 e. The number of aliphatic hydroxyl groups is 1. The van der Waals surface area contributed by atoms with Crippen molar-refractivity contribution in [2.45, 2.75) is 57.2 Å². The minimum atomic E-state index is -1.07. The third-order valence-corrected chi connectivity index (χ3v) is 4.49. The van der Waals surface area contributed by atoms with Crippen molar-refractivity contribution in [1.82, 2.24) is 25.3 Å². The molecule has 8 heteroatoms. The SMILES string of the molecule is CC(C)(O)c1cn([C@@H]2CCCC[C@@H]2NC(=O)c2cncc(F)c2)nn1. The van der Waals surface area contributed by atoms with E-state index in [4.69, 9.17) is 0 Å². The number of pyridine rings is 1. The van der Waals surface area contributed by atoms with Crippen LogP contribution < -0.4 is 5.32 Å². The fourth-order valence-corrected chi connectivity index (χ4v) is 3.10. The van der Waals surface area contributed by atoms with Crippen molar-refractivity contribution in [2.75, 3.05) is 0 Å². The number of halogens is 1. The molecule has 0 saturated heterocycles. The minimum Gasteiger partial charge on any atom is -0.384 e. The predicted octanol–water partition coefficient (Wildman–Crippen LogP) is 1.95. The zero-order valence-electron chi connectivity index (χ0n) is 14.3. The Morgan fingerprint density at radius 3 is 2.80 bits per heavy atom. The zero-order chi connectivity index (χ0) is 18.0. The molecule has 1 aliphatic carbocycles. The molecule has 0 aliphatic heterocycles. The zero-order valence-corrected chi connectivity index (χ0v) is 14.3. The number of carbonyl (C=O) groups excluding carboxylic acids is 1. The molecule has 1 aliphatic rings. The molecule has 0 unspecified atom stereocenters. The Balaban J connectivity index is 1.77. The van der Waals surface area contributed by atoms with Crippen LogP contribution in [0.25, 0.3) is 0 Å². The summed E-state index contributed by atoms with van der Waals surface area (Å²) in [6.07, 6.45) is 7.80. The number of rotatable bonds is 4. The van der Waals surface area contributed by atoms with Gasteiger partial charge in [-0.2, -0.15) is 0 Å². The molecule has 0 aromatic carbocycles. The van der Waals surface area contributed by atoms with Gasteiger partial charge in [0.25, 0.3) is 5.91 Å². The highest BCUT2D eigenvalue weighted by Crippen LogP contribution is 2.29. The second-order valence-electron chi connectivity index (χ2n) is 6.97. The number of nitrogens with one attached hydrogen (secondary N) is 1. The Labute approximate surface area is 145 Å². The molecular formula is C17H22FN5O2. The van der Waals surface area contributed by atoms with E-state index in [1.54, 1.807) is 24.7 Å². The molecule has 3 rings (SSSR count). The second kappa shape index (κ2) is 6.87. The van der Waals surface area contributed by atoms with E-state index in [1.165, 1.54) is 12.3 Å². The molecule has 0 bridgehead atoms. The van der Waals surface area contributed by atoms with Crippen LogP contribution in [-0.4, -0.2) is 37.0 Å². The normalized spacial score (nSPS) is 21.1. The highest BCUT2D eigenvalue weighted by Gasteiger charge is 2.30. The summed E-state index contributed by atoms with van der Waals surface area (Å²) in [5.74, 6) is -0.898. The van der Waals surface area contributed by atoms with E-state index in [9.17, 15) is 14.3 Å². The standard InChI is InChI=1S/C17H22FN5O2/c1-17(2,25)15-10-23(22-21-15)14-6-4-3-5-13(14)20-16(24)11-7-12(18)9-19-8-11/h7-10,13-14,25H,3-6H2,1-2H3,(H,20,24)/t13-,14+/m0/s1. The molecule has 7 nitrogen and oxygen atoms in total. The number of hydrogen-bond acceptors (Lipinski definition) is 5. The van der Waals surface area contributed by atoms with Crippen molar-refractivity contribution in [3.63, 3.8) is 0 Å². The fourth-order valence-electron chi connectivity index (χ4n) is 3.10. The summed E-state index contributed by atoms with van der Waals surface area (Å²) in [5, 5.41) is 21.2. The average molecular weight is 347 g/mol. The largest absolute Gasteiger partial charge is 0.384 e. The van der Waals surface area contributed by atoms with Crippen molar-refractivity contribution in [2.24, 2.45) is 0 Å². The Bertz CT molecular complexity index is 755. The van der Waals surface area contributed by atoms with Crippen LogP contribution in [0.5, 0.6) is 0 Å². The Hall–Kier alpha value is -2.35. The lowest BCUT2D eigenvalue weighted by atomic mass is 9.90. The van der Waals surface area contributed by atoms with Crippen LogP contribution in [0.1, 0.15) is 61.6 Å². The van der Waals surface area contributed by atoms with Crippen LogP contribution in [0.2, 0.25) is 0 Å². The second-order valence-corrected chi connectivity index (χ2v) is 6.97. The van der Waals surface area contributed by atoms with Crippen LogP contribution in [0.15, 0.2) is 24.7 Å². The quantitative estimate of drug-likeness (QED) is 0.882. The van der Waals surface area contributed by atoms with E-state index in [0.717, 1.165) is 31.9 Å². The summed E-state index contributed by atoms with van der Waals surface area (Å²) >= 11 is 0. The third kappa shape index (κ3) is 4.01. The molecule has 0 radical (unpaired) electrons.